The predicted molar refractivity (Wildman–Crippen MR) is 58.2 cm³/mol. The van der Waals surface area contributed by atoms with Crippen LogP contribution in [0.25, 0.3) is 0 Å². The van der Waals surface area contributed by atoms with Crippen molar-refractivity contribution in [1.82, 2.24) is 9.97 Å². The van der Waals surface area contributed by atoms with Gasteiger partial charge in [0, 0.05) is 26.3 Å². The molecule has 0 aromatic carbocycles. The average molecular weight is 211 g/mol. The first-order valence-electron chi connectivity index (χ1n) is 5.04. The van der Waals surface area contributed by atoms with Crippen molar-refractivity contribution in [3.63, 3.8) is 0 Å². The van der Waals surface area contributed by atoms with Crippen molar-refractivity contribution in [3.8, 4) is 5.88 Å². The number of methoxy groups -OCH3 is 1. The summed E-state index contributed by atoms with van der Waals surface area (Å²) < 4.78 is 10.2. The van der Waals surface area contributed by atoms with Crippen molar-refractivity contribution in [1.29, 1.82) is 0 Å². The van der Waals surface area contributed by atoms with Crippen LogP contribution in [0.2, 0.25) is 0 Å². The second-order valence-electron chi connectivity index (χ2n) is 2.95. The normalized spacial score (nSPS) is 10.0. The highest BCUT2D eigenvalue weighted by Gasteiger charge is 1.97. The molecule has 0 spiro atoms. The van der Waals surface area contributed by atoms with Crippen molar-refractivity contribution < 1.29 is 9.47 Å². The van der Waals surface area contributed by atoms with E-state index >= 15 is 0 Å². The summed E-state index contributed by atoms with van der Waals surface area (Å²) in [5.74, 6) is 1.38. The van der Waals surface area contributed by atoms with E-state index < -0.39 is 0 Å². The zero-order valence-corrected chi connectivity index (χ0v) is 9.19. The number of anilines is 1. The van der Waals surface area contributed by atoms with Gasteiger partial charge >= 0.3 is 0 Å². The van der Waals surface area contributed by atoms with Crippen LogP contribution in [-0.2, 0) is 4.74 Å². The molecule has 15 heavy (non-hydrogen) atoms. The summed E-state index contributed by atoms with van der Waals surface area (Å²) in [6.45, 7) is 4.11. The summed E-state index contributed by atoms with van der Waals surface area (Å²) in [6, 6.07) is 1.79. The summed E-state index contributed by atoms with van der Waals surface area (Å²) in [5.41, 5.74) is 0. The van der Waals surface area contributed by atoms with Gasteiger partial charge in [-0.1, -0.05) is 0 Å². The Morgan fingerprint density at radius 2 is 2.27 bits per heavy atom. The molecule has 5 nitrogen and oxygen atoms in total. The molecule has 0 bridgehead atoms. The van der Waals surface area contributed by atoms with Crippen molar-refractivity contribution in [2.45, 2.75) is 13.3 Å². The molecule has 1 heterocycles. The Morgan fingerprint density at radius 3 is 3.00 bits per heavy atom. The van der Waals surface area contributed by atoms with E-state index in [0.717, 1.165) is 25.4 Å². The number of nitrogens with zero attached hydrogens (tertiary/aromatic N) is 2. The van der Waals surface area contributed by atoms with Gasteiger partial charge in [0.05, 0.1) is 6.61 Å². The van der Waals surface area contributed by atoms with Gasteiger partial charge in [-0.2, -0.15) is 0 Å². The first-order valence-corrected chi connectivity index (χ1v) is 5.04. The molecule has 0 saturated heterocycles. The summed E-state index contributed by atoms with van der Waals surface area (Å²) in [6.07, 6.45) is 2.44. The lowest BCUT2D eigenvalue weighted by Gasteiger charge is -2.06. The van der Waals surface area contributed by atoms with E-state index in [9.17, 15) is 0 Å². The molecule has 1 rings (SSSR count). The fourth-order valence-corrected chi connectivity index (χ4v) is 1.10. The fraction of sp³-hybridized carbons (Fsp3) is 0.600. The van der Waals surface area contributed by atoms with Gasteiger partial charge in [-0.25, -0.2) is 9.97 Å². The highest BCUT2D eigenvalue weighted by molar-refractivity contribution is 5.36. The molecule has 0 saturated carbocycles. The van der Waals surface area contributed by atoms with Crippen LogP contribution in [0.3, 0.4) is 0 Å². The number of aromatic nitrogens is 2. The minimum absolute atomic E-state index is 0.599. The molecule has 1 aromatic heterocycles. The molecule has 0 aliphatic rings. The minimum Gasteiger partial charge on any atom is -0.478 e. The second-order valence-corrected chi connectivity index (χ2v) is 2.95. The van der Waals surface area contributed by atoms with Crippen molar-refractivity contribution in [2.24, 2.45) is 0 Å². The largest absolute Gasteiger partial charge is 0.478 e. The standard InChI is InChI=1S/C10H17N3O2/c1-3-15-10-7-9(12-8-13-10)11-5-4-6-14-2/h7-8H,3-6H2,1-2H3,(H,11,12,13). The maximum absolute atomic E-state index is 5.26. The lowest BCUT2D eigenvalue weighted by Crippen LogP contribution is -2.06. The van der Waals surface area contributed by atoms with E-state index in [1.54, 1.807) is 13.2 Å². The summed E-state index contributed by atoms with van der Waals surface area (Å²) in [4.78, 5) is 8.05. The van der Waals surface area contributed by atoms with Crippen LogP contribution >= 0.6 is 0 Å². The molecule has 0 unspecified atom stereocenters. The van der Waals surface area contributed by atoms with Crippen LogP contribution in [0.5, 0.6) is 5.88 Å². The van der Waals surface area contributed by atoms with Gasteiger partial charge in [0.15, 0.2) is 0 Å². The molecule has 1 aromatic rings. The van der Waals surface area contributed by atoms with Gasteiger partial charge < -0.3 is 14.8 Å². The smallest absolute Gasteiger partial charge is 0.218 e. The topological polar surface area (TPSA) is 56.3 Å². The molecular weight excluding hydrogens is 194 g/mol. The molecule has 0 atom stereocenters. The Kier molecular flexibility index (Phi) is 5.47. The van der Waals surface area contributed by atoms with E-state index in [1.165, 1.54) is 6.33 Å². The lowest BCUT2D eigenvalue weighted by molar-refractivity contribution is 0.197. The Labute approximate surface area is 89.8 Å². The molecule has 1 N–H and O–H groups in total. The maximum atomic E-state index is 5.26. The zero-order valence-electron chi connectivity index (χ0n) is 9.19. The van der Waals surface area contributed by atoms with Gasteiger partial charge in [-0.05, 0) is 13.3 Å². The van der Waals surface area contributed by atoms with E-state index in [1.807, 2.05) is 6.92 Å². The van der Waals surface area contributed by atoms with Crippen LogP contribution in [0.1, 0.15) is 13.3 Å². The zero-order chi connectivity index (χ0) is 10.9. The summed E-state index contributed by atoms with van der Waals surface area (Å²) in [7, 11) is 1.69. The molecule has 0 radical (unpaired) electrons. The Hall–Kier alpha value is -1.36. The van der Waals surface area contributed by atoms with Gasteiger partial charge in [0.2, 0.25) is 5.88 Å². The number of nitrogens with one attached hydrogen (secondary N) is 1. The van der Waals surface area contributed by atoms with Crippen LogP contribution in [-0.4, -0.2) is 36.8 Å². The Morgan fingerprint density at radius 1 is 1.40 bits per heavy atom. The third-order valence-electron chi connectivity index (χ3n) is 1.77. The van der Waals surface area contributed by atoms with Crippen LogP contribution < -0.4 is 10.1 Å². The van der Waals surface area contributed by atoms with E-state index in [-0.39, 0.29) is 0 Å². The van der Waals surface area contributed by atoms with Gasteiger partial charge in [-0.15, -0.1) is 0 Å². The van der Waals surface area contributed by atoms with Crippen LogP contribution in [0, 0.1) is 0 Å². The molecule has 0 fully saturated rings. The van der Waals surface area contributed by atoms with Crippen LogP contribution in [0.15, 0.2) is 12.4 Å². The van der Waals surface area contributed by atoms with Crippen molar-refractivity contribution >= 4 is 5.82 Å². The van der Waals surface area contributed by atoms with Gasteiger partial charge in [-0.3, -0.25) is 0 Å². The molecule has 0 aliphatic heterocycles. The SMILES string of the molecule is CCOc1cc(NCCCOC)ncn1. The monoisotopic (exact) mass is 211 g/mol. The highest BCUT2D eigenvalue weighted by Crippen LogP contribution is 2.10. The highest BCUT2D eigenvalue weighted by atomic mass is 16.5. The molecule has 0 aliphatic carbocycles. The summed E-state index contributed by atoms with van der Waals surface area (Å²) in [5, 5.41) is 3.17. The summed E-state index contributed by atoms with van der Waals surface area (Å²) >= 11 is 0. The quantitative estimate of drug-likeness (QED) is 0.689. The fourth-order valence-electron chi connectivity index (χ4n) is 1.10. The second kappa shape index (κ2) is 7.00. The van der Waals surface area contributed by atoms with Gasteiger partial charge in [0.1, 0.15) is 12.1 Å². The number of hydrogen-bond acceptors (Lipinski definition) is 5. The number of rotatable bonds is 7. The third kappa shape index (κ3) is 4.60. The van der Waals surface area contributed by atoms with E-state index in [0.29, 0.717) is 12.5 Å². The lowest BCUT2D eigenvalue weighted by atomic mass is 10.4. The van der Waals surface area contributed by atoms with Crippen molar-refractivity contribution in [3.05, 3.63) is 12.4 Å². The minimum atomic E-state index is 0.599. The Balaban J connectivity index is 2.36. The first-order chi connectivity index (χ1) is 7.36. The van der Waals surface area contributed by atoms with E-state index in [4.69, 9.17) is 9.47 Å². The Bertz CT molecular complexity index is 281. The van der Waals surface area contributed by atoms with Gasteiger partial charge in [0.25, 0.3) is 0 Å². The number of ether oxygens (including phenoxy) is 2. The number of hydrogen-bond donors (Lipinski definition) is 1. The molecule has 5 heteroatoms. The maximum Gasteiger partial charge on any atom is 0.218 e. The predicted octanol–water partition coefficient (Wildman–Crippen LogP) is 1.32. The third-order valence-corrected chi connectivity index (χ3v) is 1.77. The molecular formula is C10H17N3O2. The molecule has 0 amide bonds. The van der Waals surface area contributed by atoms with Crippen molar-refractivity contribution in [2.75, 3.05) is 32.2 Å². The first kappa shape index (κ1) is 11.7. The van der Waals surface area contributed by atoms with Crippen LogP contribution in [0.4, 0.5) is 5.82 Å². The van der Waals surface area contributed by atoms with E-state index in [2.05, 4.69) is 15.3 Å². The average Bonchev–Trinajstić information content (AvgIpc) is 2.26. The molecule has 84 valence electrons.